The van der Waals surface area contributed by atoms with Crippen molar-refractivity contribution in [3.05, 3.63) is 0 Å². The highest BCUT2D eigenvalue weighted by molar-refractivity contribution is 5.69. The summed E-state index contributed by atoms with van der Waals surface area (Å²) in [4.78, 5) is 11.9. The number of hydrogen-bond donors (Lipinski definition) is 0. The van der Waals surface area contributed by atoms with E-state index in [0.717, 1.165) is 24.7 Å². The minimum atomic E-state index is 0.0273. The van der Waals surface area contributed by atoms with Gasteiger partial charge in [-0.05, 0) is 24.7 Å². The van der Waals surface area contributed by atoms with Gasteiger partial charge in [0.1, 0.15) is 0 Å². The standard InChI is InChI=1S/C38H76O2/c1-36(2)32-28-24-20-16-12-9-7-5-6-8-10-14-18-22-26-30-34-38(39)40-35-31-27-23-19-15-11-13-17-21-25-29-33-37(3)4/h36-37H,5-35H2,1-4H3. The summed E-state index contributed by atoms with van der Waals surface area (Å²) in [6.07, 6.45) is 40.2. The predicted molar refractivity (Wildman–Crippen MR) is 179 cm³/mol. The predicted octanol–water partition coefficient (Wildman–Crippen LogP) is 13.5. The Labute approximate surface area is 254 Å². The smallest absolute Gasteiger partial charge is 0.305 e. The van der Waals surface area contributed by atoms with Gasteiger partial charge >= 0.3 is 5.97 Å². The lowest BCUT2D eigenvalue weighted by atomic mass is 10.0. The topological polar surface area (TPSA) is 26.3 Å². The van der Waals surface area contributed by atoms with Crippen LogP contribution in [0.5, 0.6) is 0 Å². The van der Waals surface area contributed by atoms with Gasteiger partial charge in [-0.3, -0.25) is 4.79 Å². The first-order valence-electron chi connectivity index (χ1n) is 18.7. The lowest BCUT2D eigenvalue weighted by Crippen LogP contribution is -2.05. The van der Waals surface area contributed by atoms with Gasteiger partial charge in [-0.1, -0.05) is 201 Å². The summed E-state index contributed by atoms with van der Waals surface area (Å²) >= 11 is 0. The van der Waals surface area contributed by atoms with Gasteiger partial charge in [0.25, 0.3) is 0 Å². The zero-order valence-corrected chi connectivity index (χ0v) is 28.4. The van der Waals surface area contributed by atoms with E-state index in [9.17, 15) is 4.79 Å². The maximum atomic E-state index is 11.9. The maximum Gasteiger partial charge on any atom is 0.305 e. The van der Waals surface area contributed by atoms with Gasteiger partial charge in [-0.2, -0.15) is 0 Å². The van der Waals surface area contributed by atoms with Gasteiger partial charge in [-0.25, -0.2) is 0 Å². The van der Waals surface area contributed by atoms with E-state index in [0.29, 0.717) is 13.0 Å². The number of esters is 1. The van der Waals surface area contributed by atoms with Gasteiger partial charge in [0, 0.05) is 6.42 Å². The Balaban J connectivity index is 3.15. The number of carbonyl (C=O) groups is 1. The molecular weight excluding hydrogens is 488 g/mol. The number of carbonyl (C=O) groups excluding carboxylic acids is 1. The molecule has 2 nitrogen and oxygen atoms in total. The Morgan fingerprint density at radius 1 is 0.375 bits per heavy atom. The zero-order chi connectivity index (χ0) is 29.4. The molecule has 0 bridgehead atoms. The molecule has 0 N–H and O–H groups in total. The average molecular weight is 565 g/mol. The van der Waals surface area contributed by atoms with E-state index in [1.165, 1.54) is 173 Å². The molecule has 40 heavy (non-hydrogen) atoms. The number of unbranched alkanes of at least 4 members (excludes halogenated alkanes) is 25. The summed E-state index contributed by atoms with van der Waals surface area (Å²) in [5, 5.41) is 0. The molecule has 0 rings (SSSR count). The number of rotatable bonds is 33. The normalized spacial score (nSPS) is 11.7. The summed E-state index contributed by atoms with van der Waals surface area (Å²) in [7, 11) is 0. The van der Waals surface area contributed by atoms with Crippen LogP contribution in [0.4, 0.5) is 0 Å². The molecule has 0 aromatic heterocycles. The largest absolute Gasteiger partial charge is 0.466 e. The van der Waals surface area contributed by atoms with Crippen LogP contribution in [0.1, 0.15) is 220 Å². The van der Waals surface area contributed by atoms with Crippen LogP contribution in [0.25, 0.3) is 0 Å². The van der Waals surface area contributed by atoms with Crippen LogP contribution in [-0.4, -0.2) is 12.6 Å². The van der Waals surface area contributed by atoms with Gasteiger partial charge in [0.15, 0.2) is 0 Å². The summed E-state index contributed by atoms with van der Waals surface area (Å²) in [6.45, 7) is 9.96. The van der Waals surface area contributed by atoms with E-state index in [-0.39, 0.29) is 5.97 Å². The molecule has 0 aliphatic rings. The van der Waals surface area contributed by atoms with Crippen LogP contribution in [0.15, 0.2) is 0 Å². The molecule has 0 heterocycles. The second-order valence-electron chi connectivity index (χ2n) is 13.9. The number of hydrogen-bond acceptors (Lipinski definition) is 2. The molecule has 0 aromatic carbocycles. The van der Waals surface area contributed by atoms with Crippen LogP contribution in [0.3, 0.4) is 0 Å². The SMILES string of the molecule is CC(C)CCCCCCCCCCCCCCCCCCC(=O)OCCCCCCCCCCCCCC(C)C. The van der Waals surface area contributed by atoms with Crippen molar-refractivity contribution in [1.29, 1.82) is 0 Å². The fraction of sp³-hybridized carbons (Fsp3) is 0.974. The minimum absolute atomic E-state index is 0.0273. The summed E-state index contributed by atoms with van der Waals surface area (Å²) in [5.41, 5.74) is 0. The van der Waals surface area contributed by atoms with Crippen LogP contribution < -0.4 is 0 Å². The van der Waals surface area contributed by atoms with Gasteiger partial charge in [0.05, 0.1) is 6.61 Å². The van der Waals surface area contributed by atoms with Crippen molar-refractivity contribution in [1.82, 2.24) is 0 Å². The fourth-order valence-corrected chi connectivity index (χ4v) is 5.80. The summed E-state index contributed by atoms with van der Waals surface area (Å²) in [5.74, 6) is 1.77. The minimum Gasteiger partial charge on any atom is -0.466 e. The molecule has 0 unspecified atom stereocenters. The van der Waals surface area contributed by atoms with Gasteiger partial charge in [-0.15, -0.1) is 0 Å². The first-order chi connectivity index (χ1) is 19.5. The van der Waals surface area contributed by atoms with Crippen LogP contribution >= 0.6 is 0 Å². The van der Waals surface area contributed by atoms with Crippen molar-refractivity contribution in [2.45, 2.75) is 220 Å². The van der Waals surface area contributed by atoms with E-state index in [1.54, 1.807) is 0 Å². The molecule has 0 saturated carbocycles. The molecule has 0 spiro atoms. The van der Waals surface area contributed by atoms with Crippen molar-refractivity contribution in [3.63, 3.8) is 0 Å². The molecule has 0 fully saturated rings. The lowest BCUT2D eigenvalue weighted by molar-refractivity contribution is -0.143. The molecule has 0 saturated heterocycles. The molecule has 240 valence electrons. The van der Waals surface area contributed by atoms with Gasteiger partial charge < -0.3 is 4.74 Å². The Morgan fingerprint density at radius 3 is 0.925 bits per heavy atom. The van der Waals surface area contributed by atoms with Crippen LogP contribution in [0.2, 0.25) is 0 Å². The van der Waals surface area contributed by atoms with Crippen LogP contribution in [-0.2, 0) is 9.53 Å². The second-order valence-corrected chi connectivity index (χ2v) is 13.9. The second kappa shape index (κ2) is 33.0. The Hall–Kier alpha value is -0.530. The Bertz CT molecular complexity index is 484. The fourth-order valence-electron chi connectivity index (χ4n) is 5.80. The average Bonchev–Trinajstić information content (AvgIpc) is 2.92. The molecule has 0 aliphatic heterocycles. The monoisotopic (exact) mass is 565 g/mol. The maximum absolute atomic E-state index is 11.9. The van der Waals surface area contributed by atoms with E-state index < -0.39 is 0 Å². The zero-order valence-electron chi connectivity index (χ0n) is 28.4. The first-order valence-corrected chi connectivity index (χ1v) is 18.7. The van der Waals surface area contributed by atoms with Crippen molar-refractivity contribution in [2.24, 2.45) is 11.8 Å². The molecule has 0 radical (unpaired) electrons. The molecule has 0 amide bonds. The molecular formula is C38H76O2. The van der Waals surface area contributed by atoms with E-state index in [4.69, 9.17) is 4.74 Å². The highest BCUT2D eigenvalue weighted by atomic mass is 16.5. The third-order valence-electron chi connectivity index (χ3n) is 8.60. The summed E-state index contributed by atoms with van der Waals surface area (Å²) < 4.78 is 5.45. The molecule has 0 atom stereocenters. The third-order valence-corrected chi connectivity index (χ3v) is 8.60. The van der Waals surface area contributed by atoms with Crippen molar-refractivity contribution >= 4 is 5.97 Å². The van der Waals surface area contributed by atoms with E-state index in [1.807, 2.05) is 0 Å². The van der Waals surface area contributed by atoms with Crippen molar-refractivity contribution < 1.29 is 9.53 Å². The molecule has 0 aromatic rings. The quantitative estimate of drug-likeness (QED) is 0.0585. The first kappa shape index (κ1) is 39.5. The molecule has 0 aliphatic carbocycles. The number of ether oxygens (including phenoxy) is 1. The summed E-state index contributed by atoms with van der Waals surface area (Å²) in [6, 6.07) is 0. The van der Waals surface area contributed by atoms with Gasteiger partial charge in [0.2, 0.25) is 0 Å². The van der Waals surface area contributed by atoms with Crippen molar-refractivity contribution in [3.8, 4) is 0 Å². The molecule has 2 heteroatoms. The van der Waals surface area contributed by atoms with E-state index >= 15 is 0 Å². The van der Waals surface area contributed by atoms with Crippen LogP contribution in [0, 0.1) is 11.8 Å². The van der Waals surface area contributed by atoms with E-state index in [2.05, 4.69) is 27.7 Å². The highest BCUT2D eigenvalue weighted by Crippen LogP contribution is 2.16. The Kier molecular flexibility index (Phi) is 32.5. The third kappa shape index (κ3) is 35.5. The van der Waals surface area contributed by atoms with Crippen molar-refractivity contribution in [2.75, 3.05) is 6.61 Å². The highest BCUT2D eigenvalue weighted by Gasteiger charge is 2.03. The lowest BCUT2D eigenvalue weighted by Gasteiger charge is -2.06. The Morgan fingerprint density at radius 2 is 0.625 bits per heavy atom.